The molecule has 0 radical (unpaired) electrons. The zero-order chi connectivity index (χ0) is 15.1. The molecule has 21 heavy (non-hydrogen) atoms. The van der Waals surface area contributed by atoms with Crippen LogP contribution in [-0.4, -0.2) is 19.6 Å². The van der Waals surface area contributed by atoms with Crippen LogP contribution >= 0.6 is 11.3 Å². The molecular formula is C18H26N2S. The minimum Gasteiger partial charge on any atom is -0.371 e. The summed E-state index contributed by atoms with van der Waals surface area (Å²) in [5.41, 5.74) is 2.72. The lowest BCUT2D eigenvalue weighted by molar-refractivity contribution is 0.658. The van der Waals surface area contributed by atoms with Crippen LogP contribution in [0.5, 0.6) is 0 Å². The summed E-state index contributed by atoms with van der Waals surface area (Å²) < 4.78 is 0. The van der Waals surface area contributed by atoms with Crippen molar-refractivity contribution in [3.8, 4) is 0 Å². The van der Waals surface area contributed by atoms with Crippen molar-refractivity contribution in [1.82, 2.24) is 5.32 Å². The van der Waals surface area contributed by atoms with E-state index in [4.69, 9.17) is 0 Å². The van der Waals surface area contributed by atoms with Gasteiger partial charge in [0.05, 0.1) is 0 Å². The van der Waals surface area contributed by atoms with Gasteiger partial charge >= 0.3 is 0 Å². The summed E-state index contributed by atoms with van der Waals surface area (Å²) in [4.78, 5) is 3.86. The van der Waals surface area contributed by atoms with Gasteiger partial charge in [-0.3, -0.25) is 0 Å². The number of nitrogens with one attached hydrogen (secondary N) is 1. The number of anilines is 1. The Kier molecular flexibility index (Phi) is 6.27. The Bertz CT molecular complexity index is 522. The summed E-state index contributed by atoms with van der Waals surface area (Å²) in [5.74, 6) is 0. The number of hydrogen-bond acceptors (Lipinski definition) is 3. The fourth-order valence-electron chi connectivity index (χ4n) is 2.50. The molecule has 2 aromatic rings. The highest BCUT2D eigenvalue weighted by atomic mass is 32.1. The van der Waals surface area contributed by atoms with Gasteiger partial charge in [0.25, 0.3) is 0 Å². The van der Waals surface area contributed by atoms with Crippen molar-refractivity contribution in [3.05, 3.63) is 52.2 Å². The molecule has 1 heterocycles. The summed E-state index contributed by atoms with van der Waals surface area (Å²) in [6.45, 7) is 6.52. The van der Waals surface area contributed by atoms with Crippen molar-refractivity contribution in [2.75, 3.05) is 18.5 Å². The zero-order valence-electron chi connectivity index (χ0n) is 13.3. The van der Waals surface area contributed by atoms with Crippen molar-refractivity contribution in [3.63, 3.8) is 0 Å². The maximum Gasteiger partial charge on any atom is 0.0411 e. The van der Waals surface area contributed by atoms with Crippen LogP contribution in [0.3, 0.4) is 0 Å². The Hall–Kier alpha value is -1.32. The van der Waals surface area contributed by atoms with Gasteiger partial charge in [-0.15, -0.1) is 11.3 Å². The molecular weight excluding hydrogens is 276 g/mol. The van der Waals surface area contributed by atoms with Gasteiger partial charge in [0, 0.05) is 36.6 Å². The molecule has 0 aliphatic carbocycles. The minimum atomic E-state index is 0.496. The molecule has 2 nitrogen and oxygen atoms in total. The van der Waals surface area contributed by atoms with E-state index in [9.17, 15) is 0 Å². The van der Waals surface area contributed by atoms with E-state index in [0.717, 1.165) is 19.5 Å². The van der Waals surface area contributed by atoms with Crippen molar-refractivity contribution in [2.24, 2.45) is 0 Å². The molecule has 0 saturated carbocycles. The van der Waals surface area contributed by atoms with Gasteiger partial charge in [0.2, 0.25) is 0 Å². The molecule has 1 atom stereocenters. The van der Waals surface area contributed by atoms with Crippen molar-refractivity contribution < 1.29 is 0 Å². The van der Waals surface area contributed by atoms with E-state index in [1.807, 2.05) is 11.3 Å². The standard InChI is InChI=1S/C18H26N2S/c1-4-11-19-14-16-8-5-6-10-18(16)20(3)15(2)13-17-9-7-12-21-17/h5-10,12,15,19H,4,11,13-14H2,1-3H3. The number of nitrogens with zero attached hydrogens (tertiary/aromatic N) is 1. The van der Waals surface area contributed by atoms with Gasteiger partial charge in [-0.05, 0) is 43.0 Å². The third kappa shape index (κ3) is 4.58. The van der Waals surface area contributed by atoms with Gasteiger partial charge in [-0.2, -0.15) is 0 Å². The lowest BCUT2D eigenvalue weighted by Gasteiger charge is -2.29. The number of para-hydroxylation sites is 1. The van der Waals surface area contributed by atoms with E-state index in [-0.39, 0.29) is 0 Å². The van der Waals surface area contributed by atoms with Gasteiger partial charge in [0.1, 0.15) is 0 Å². The molecule has 0 bridgehead atoms. The van der Waals surface area contributed by atoms with Crippen LogP contribution in [0, 0.1) is 0 Å². The predicted octanol–water partition coefficient (Wildman–Crippen LogP) is 4.32. The molecule has 0 spiro atoms. The third-order valence-corrected chi connectivity index (χ3v) is 4.75. The summed E-state index contributed by atoms with van der Waals surface area (Å²) in [5, 5.41) is 5.66. The topological polar surface area (TPSA) is 15.3 Å². The molecule has 0 aliphatic rings. The maximum absolute atomic E-state index is 3.51. The van der Waals surface area contributed by atoms with Crippen LogP contribution < -0.4 is 10.2 Å². The maximum atomic E-state index is 3.51. The first-order chi connectivity index (χ1) is 10.2. The predicted molar refractivity (Wildman–Crippen MR) is 94.3 cm³/mol. The fourth-order valence-corrected chi connectivity index (χ4v) is 3.32. The van der Waals surface area contributed by atoms with Crippen LogP contribution in [0.2, 0.25) is 0 Å². The molecule has 1 aromatic heterocycles. The largest absolute Gasteiger partial charge is 0.371 e. The molecule has 0 fully saturated rings. The summed E-state index contributed by atoms with van der Waals surface area (Å²) in [6.07, 6.45) is 2.28. The highest BCUT2D eigenvalue weighted by Crippen LogP contribution is 2.23. The van der Waals surface area contributed by atoms with Crippen LogP contribution in [0.1, 0.15) is 30.7 Å². The first-order valence-corrected chi connectivity index (χ1v) is 8.64. The summed E-state index contributed by atoms with van der Waals surface area (Å²) >= 11 is 1.85. The first-order valence-electron chi connectivity index (χ1n) is 7.76. The van der Waals surface area contributed by atoms with Gasteiger partial charge < -0.3 is 10.2 Å². The Labute approximate surface area is 132 Å². The van der Waals surface area contributed by atoms with Crippen molar-refractivity contribution >= 4 is 17.0 Å². The molecule has 1 unspecified atom stereocenters. The van der Waals surface area contributed by atoms with Crippen LogP contribution in [0.15, 0.2) is 41.8 Å². The number of rotatable bonds is 8. The first kappa shape index (κ1) is 16.1. The third-order valence-electron chi connectivity index (χ3n) is 3.85. The van der Waals surface area contributed by atoms with E-state index in [2.05, 4.69) is 72.9 Å². The van der Waals surface area contributed by atoms with Crippen LogP contribution in [0.4, 0.5) is 5.69 Å². The summed E-state index contributed by atoms with van der Waals surface area (Å²) in [7, 11) is 2.21. The minimum absolute atomic E-state index is 0.496. The molecule has 114 valence electrons. The average molecular weight is 302 g/mol. The zero-order valence-corrected chi connectivity index (χ0v) is 14.1. The van der Waals surface area contributed by atoms with E-state index in [0.29, 0.717) is 6.04 Å². The van der Waals surface area contributed by atoms with E-state index in [1.165, 1.54) is 22.5 Å². The number of benzene rings is 1. The second-order valence-electron chi connectivity index (χ2n) is 5.55. The van der Waals surface area contributed by atoms with E-state index in [1.54, 1.807) is 0 Å². The monoisotopic (exact) mass is 302 g/mol. The molecule has 2 rings (SSSR count). The quantitative estimate of drug-likeness (QED) is 0.731. The SMILES string of the molecule is CCCNCc1ccccc1N(C)C(C)Cc1cccs1. The van der Waals surface area contributed by atoms with Crippen LogP contribution in [-0.2, 0) is 13.0 Å². The van der Waals surface area contributed by atoms with Gasteiger partial charge in [-0.25, -0.2) is 0 Å². The lowest BCUT2D eigenvalue weighted by atomic mass is 10.1. The molecule has 0 saturated heterocycles. The number of thiophene rings is 1. The fraction of sp³-hybridized carbons (Fsp3) is 0.444. The Morgan fingerprint density at radius 1 is 1.19 bits per heavy atom. The Morgan fingerprint density at radius 3 is 2.71 bits per heavy atom. The smallest absolute Gasteiger partial charge is 0.0411 e. The van der Waals surface area contributed by atoms with Crippen molar-refractivity contribution in [2.45, 2.75) is 39.3 Å². The lowest BCUT2D eigenvalue weighted by Crippen LogP contribution is -2.31. The average Bonchev–Trinajstić information content (AvgIpc) is 3.00. The molecule has 0 amide bonds. The highest BCUT2D eigenvalue weighted by Gasteiger charge is 2.14. The van der Waals surface area contributed by atoms with Gasteiger partial charge in [-0.1, -0.05) is 31.2 Å². The van der Waals surface area contributed by atoms with Crippen molar-refractivity contribution in [1.29, 1.82) is 0 Å². The highest BCUT2D eigenvalue weighted by molar-refractivity contribution is 7.09. The molecule has 0 aliphatic heterocycles. The Morgan fingerprint density at radius 2 is 2.00 bits per heavy atom. The number of likely N-dealkylation sites (N-methyl/N-ethyl adjacent to an activating group) is 1. The van der Waals surface area contributed by atoms with E-state index >= 15 is 0 Å². The summed E-state index contributed by atoms with van der Waals surface area (Å²) in [6, 6.07) is 13.6. The number of hydrogen-bond donors (Lipinski definition) is 1. The molecule has 3 heteroatoms. The second kappa shape index (κ2) is 8.20. The van der Waals surface area contributed by atoms with E-state index < -0.39 is 0 Å². The second-order valence-corrected chi connectivity index (χ2v) is 6.58. The molecule has 1 N–H and O–H groups in total. The Balaban J connectivity index is 2.05. The normalized spacial score (nSPS) is 12.3. The molecule has 1 aromatic carbocycles. The van der Waals surface area contributed by atoms with Crippen LogP contribution in [0.25, 0.3) is 0 Å². The van der Waals surface area contributed by atoms with Gasteiger partial charge in [0.15, 0.2) is 0 Å².